The Kier molecular flexibility index (Phi) is 5.00. The molecule has 2 rings (SSSR count). The molecular formula is C11H18N4O2S. The minimum absolute atomic E-state index is 0.127. The number of rotatable bonds is 4. The lowest BCUT2D eigenvalue weighted by Gasteiger charge is -2.26. The fourth-order valence-electron chi connectivity index (χ4n) is 1.89. The van der Waals surface area contributed by atoms with Crippen LogP contribution in [0.2, 0.25) is 0 Å². The summed E-state index contributed by atoms with van der Waals surface area (Å²) in [4.78, 5) is 25.0. The van der Waals surface area contributed by atoms with Crippen molar-refractivity contribution in [1.82, 2.24) is 15.6 Å². The molecule has 0 aromatic heterocycles. The number of hydrazone groups is 1. The summed E-state index contributed by atoms with van der Waals surface area (Å²) in [7, 11) is 0. The molecule has 0 unspecified atom stereocenters. The van der Waals surface area contributed by atoms with Gasteiger partial charge in [0.05, 0.1) is 0 Å². The molecule has 7 heteroatoms. The van der Waals surface area contributed by atoms with Gasteiger partial charge in [0, 0.05) is 50.5 Å². The number of carbonyl (C=O) groups excluding carboxylic acids is 2. The summed E-state index contributed by atoms with van der Waals surface area (Å²) in [5.41, 5.74) is 2.75. The zero-order valence-corrected chi connectivity index (χ0v) is 11.1. The Morgan fingerprint density at radius 3 is 2.83 bits per heavy atom. The fourth-order valence-corrected chi connectivity index (χ4v) is 2.87. The van der Waals surface area contributed by atoms with E-state index in [1.165, 1.54) is 11.5 Å². The molecule has 18 heavy (non-hydrogen) atoms. The third-order valence-electron chi connectivity index (χ3n) is 2.98. The Bertz CT molecular complexity index is 353. The Morgan fingerprint density at radius 1 is 1.39 bits per heavy atom. The largest absolute Gasteiger partial charge is 0.350 e. The van der Waals surface area contributed by atoms with Crippen LogP contribution in [0.5, 0.6) is 0 Å². The van der Waals surface area contributed by atoms with Crippen molar-refractivity contribution in [2.75, 3.05) is 37.7 Å². The van der Waals surface area contributed by atoms with Crippen molar-refractivity contribution >= 4 is 29.3 Å². The number of carbonyl (C=O) groups is 2. The van der Waals surface area contributed by atoms with E-state index in [2.05, 4.69) is 20.7 Å². The lowest BCUT2D eigenvalue weighted by Crippen LogP contribution is -2.42. The first-order valence-electron chi connectivity index (χ1n) is 6.19. The molecule has 2 aliphatic heterocycles. The average molecular weight is 270 g/mol. The first-order chi connectivity index (χ1) is 8.75. The first kappa shape index (κ1) is 13.4. The van der Waals surface area contributed by atoms with Crippen molar-refractivity contribution in [3.8, 4) is 0 Å². The number of nitrogens with zero attached hydrogens (tertiary/aromatic N) is 2. The molecule has 2 heterocycles. The zero-order valence-electron chi connectivity index (χ0n) is 10.3. The molecule has 2 aliphatic rings. The van der Waals surface area contributed by atoms with E-state index in [4.69, 9.17) is 0 Å². The van der Waals surface area contributed by atoms with E-state index in [0.717, 1.165) is 19.6 Å². The average Bonchev–Trinajstić information content (AvgIpc) is 2.40. The minimum atomic E-state index is -0.165. The molecule has 0 aliphatic carbocycles. The Balaban J connectivity index is 1.66. The van der Waals surface area contributed by atoms with Gasteiger partial charge < -0.3 is 5.32 Å². The molecule has 2 N–H and O–H groups in total. The van der Waals surface area contributed by atoms with Crippen LogP contribution in [-0.2, 0) is 9.59 Å². The second kappa shape index (κ2) is 6.75. The van der Waals surface area contributed by atoms with Gasteiger partial charge in [-0.2, -0.15) is 16.9 Å². The van der Waals surface area contributed by atoms with Crippen LogP contribution in [0.25, 0.3) is 0 Å². The van der Waals surface area contributed by atoms with Crippen molar-refractivity contribution in [3.63, 3.8) is 0 Å². The third kappa shape index (κ3) is 3.99. The maximum atomic E-state index is 11.7. The predicted octanol–water partition coefficient (Wildman–Crippen LogP) is -0.583. The van der Waals surface area contributed by atoms with Crippen molar-refractivity contribution in [3.05, 3.63) is 0 Å². The second-order valence-electron chi connectivity index (χ2n) is 4.30. The van der Waals surface area contributed by atoms with E-state index < -0.39 is 0 Å². The molecule has 0 radical (unpaired) electrons. The Hall–Kier alpha value is -1.08. The van der Waals surface area contributed by atoms with Gasteiger partial charge in [-0.3, -0.25) is 14.5 Å². The van der Waals surface area contributed by atoms with Gasteiger partial charge >= 0.3 is 0 Å². The van der Waals surface area contributed by atoms with Gasteiger partial charge in [0.2, 0.25) is 5.91 Å². The van der Waals surface area contributed by atoms with Crippen molar-refractivity contribution in [1.29, 1.82) is 0 Å². The van der Waals surface area contributed by atoms with Crippen molar-refractivity contribution in [2.45, 2.75) is 12.8 Å². The highest BCUT2D eigenvalue weighted by atomic mass is 32.2. The van der Waals surface area contributed by atoms with E-state index in [-0.39, 0.29) is 11.8 Å². The molecule has 2 amide bonds. The Morgan fingerprint density at radius 2 is 2.17 bits per heavy atom. The lowest BCUT2D eigenvalue weighted by atomic mass is 10.1. The van der Waals surface area contributed by atoms with Crippen LogP contribution in [0.3, 0.4) is 0 Å². The molecule has 1 fully saturated rings. The third-order valence-corrected chi connectivity index (χ3v) is 3.93. The number of hydrogen-bond acceptors (Lipinski definition) is 5. The predicted molar refractivity (Wildman–Crippen MR) is 71.6 cm³/mol. The number of thioether (sulfide) groups is 1. The van der Waals surface area contributed by atoms with Crippen LogP contribution in [0.1, 0.15) is 12.8 Å². The van der Waals surface area contributed by atoms with Crippen LogP contribution in [0.4, 0.5) is 0 Å². The van der Waals surface area contributed by atoms with Gasteiger partial charge in [-0.25, -0.2) is 5.43 Å². The van der Waals surface area contributed by atoms with Gasteiger partial charge in [-0.1, -0.05) is 0 Å². The quantitative estimate of drug-likeness (QED) is 0.716. The summed E-state index contributed by atoms with van der Waals surface area (Å²) in [6.07, 6.45) is 0.771. The van der Waals surface area contributed by atoms with E-state index in [1.807, 2.05) is 11.8 Å². The maximum absolute atomic E-state index is 11.7. The molecule has 6 nitrogen and oxygen atoms in total. The summed E-state index contributed by atoms with van der Waals surface area (Å²) in [6.45, 7) is 3.71. The van der Waals surface area contributed by atoms with Gasteiger partial charge in [-0.15, -0.1) is 0 Å². The standard InChI is InChI=1S/C11H18N4O2S/c16-10-2-1-9(13-14-10)11(17)12-3-4-15-5-7-18-8-6-15/h1-8H2,(H,12,17)(H,14,16). The molecular weight excluding hydrogens is 252 g/mol. The first-order valence-corrected chi connectivity index (χ1v) is 7.35. The summed E-state index contributed by atoms with van der Waals surface area (Å²) < 4.78 is 0. The van der Waals surface area contributed by atoms with Gasteiger partial charge in [-0.05, 0) is 0 Å². The number of nitrogens with one attached hydrogen (secondary N) is 2. The monoisotopic (exact) mass is 270 g/mol. The van der Waals surface area contributed by atoms with Gasteiger partial charge in [0.1, 0.15) is 5.71 Å². The van der Waals surface area contributed by atoms with E-state index in [1.54, 1.807) is 0 Å². The van der Waals surface area contributed by atoms with E-state index in [9.17, 15) is 9.59 Å². The van der Waals surface area contributed by atoms with Crippen LogP contribution < -0.4 is 10.7 Å². The minimum Gasteiger partial charge on any atom is -0.350 e. The van der Waals surface area contributed by atoms with Crippen LogP contribution in [0.15, 0.2) is 5.10 Å². The molecule has 0 saturated carbocycles. The summed E-state index contributed by atoms with van der Waals surface area (Å²) in [5, 5.41) is 6.61. The smallest absolute Gasteiger partial charge is 0.267 e. The summed E-state index contributed by atoms with van der Waals surface area (Å²) in [5.74, 6) is 2.05. The highest BCUT2D eigenvalue weighted by molar-refractivity contribution is 7.99. The molecule has 0 bridgehead atoms. The zero-order chi connectivity index (χ0) is 12.8. The highest BCUT2D eigenvalue weighted by Gasteiger charge is 2.18. The molecule has 100 valence electrons. The second-order valence-corrected chi connectivity index (χ2v) is 5.53. The van der Waals surface area contributed by atoms with Gasteiger partial charge in [0.25, 0.3) is 5.91 Å². The van der Waals surface area contributed by atoms with E-state index in [0.29, 0.717) is 25.1 Å². The van der Waals surface area contributed by atoms with Gasteiger partial charge in [0.15, 0.2) is 0 Å². The van der Waals surface area contributed by atoms with Crippen LogP contribution >= 0.6 is 11.8 Å². The van der Waals surface area contributed by atoms with E-state index >= 15 is 0 Å². The Labute approximate surface area is 111 Å². The molecule has 0 aromatic carbocycles. The molecule has 0 aromatic rings. The SMILES string of the molecule is O=C1CCC(C(=O)NCCN2CCSCC2)=NN1. The normalized spacial score (nSPS) is 21.1. The van der Waals surface area contributed by atoms with Crippen LogP contribution in [-0.4, -0.2) is 60.1 Å². The number of amides is 2. The van der Waals surface area contributed by atoms with Crippen molar-refractivity contribution in [2.24, 2.45) is 5.10 Å². The van der Waals surface area contributed by atoms with Crippen LogP contribution in [0, 0.1) is 0 Å². The topological polar surface area (TPSA) is 73.8 Å². The fraction of sp³-hybridized carbons (Fsp3) is 0.727. The lowest BCUT2D eigenvalue weighted by molar-refractivity contribution is -0.121. The summed E-state index contributed by atoms with van der Waals surface area (Å²) in [6, 6.07) is 0. The number of hydrogen-bond donors (Lipinski definition) is 2. The molecule has 1 saturated heterocycles. The maximum Gasteiger partial charge on any atom is 0.267 e. The summed E-state index contributed by atoms with van der Waals surface area (Å²) >= 11 is 1.97. The van der Waals surface area contributed by atoms with Crippen molar-refractivity contribution < 1.29 is 9.59 Å². The molecule has 0 spiro atoms. The highest BCUT2D eigenvalue weighted by Crippen LogP contribution is 2.07. The molecule has 0 atom stereocenters.